The van der Waals surface area contributed by atoms with Crippen molar-refractivity contribution in [3.05, 3.63) is 18.0 Å². The Balaban J connectivity index is 2.06. The van der Waals surface area contributed by atoms with Crippen LogP contribution >= 0.6 is 0 Å². The van der Waals surface area contributed by atoms with Crippen LogP contribution < -0.4 is 4.74 Å². The highest BCUT2D eigenvalue weighted by Crippen LogP contribution is 2.43. The van der Waals surface area contributed by atoms with Crippen LogP contribution in [0, 0.1) is 0 Å². The summed E-state index contributed by atoms with van der Waals surface area (Å²) in [6.45, 7) is 4.18. The summed E-state index contributed by atoms with van der Waals surface area (Å²) in [5.41, 5.74) is 2.16. The fraction of sp³-hybridized carbons (Fsp3) is 0.538. The lowest BCUT2D eigenvalue weighted by Crippen LogP contribution is -2.11. The molecule has 4 nitrogen and oxygen atoms in total. The molecular weight excluding hydrogens is 214 g/mol. The zero-order valence-electron chi connectivity index (χ0n) is 10.2. The number of fused-ring (bicyclic) bond motifs is 1. The van der Waals surface area contributed by atoms with Gasteiger partial charge in [-0.25, -0.2) is 4.98 Å². The molecule has 1 N–H and O–H groups in total. The lowest BCUT2D eigenvalue weighted by Gasteiger charge is -2.12. The highest BCUT2D eigenvalue weighted by atomic mass is 16.5. The average molecular weight is 231 g/mol. The van der Waals surface area contributed by atoms with Crippen LogP contribution in [-0.4, -0.2) is 21.3 Å². The van der Waals surface area contributed by atoms with E-state index in [1.54, 1.807) is 6.20 Å². The third-order valence-electron chi connectivity index (χ3n) is 3.32. The van der Waals surface area contributed by atoms with Crippen LogP contribution in [-0.2, 0) is 0 Å². The van der Waals surface area contributed by atoms with Gasteiger partial charge in [0.1, 0.15) is 0 Å². The van der Waals surface area contributed by atoms with E-state index in [2.05, 4.69) is 29.0 Å². The second-order valence-electron chi connectivity index (χ2n) is 4.76. The molecule has 1 fully saturated rings. The van der Waals surface area contributed by atoms with Crippen molar-refractivity contribution in [3.63, 3.8) is 0 Å². The summed E-state index contributed by atoms with van der Waals surface area (Å²) >= 11 is 0. The molecule has 1 saturated carbocycles. The van der Waals surface area contributed by atoms with Gasteiger partial charge in [-0.1, -0.05) is 6.92 Å². The number of hydrogen-bond donors (Lipinski definition) is 1. The molecule has 1 aliphatic carbocycles. The Morgan fingerprint density at radius 1 is 1.53 bits per heavy atom. The average Bonchev–Trinajstić information content (AvgIpc) is 3.09. The van der Waals surface area contributed by atoms with Gasteiger partial charge in [0.15, 0.2) is 0 Å². The van der Waals surface area contributed by atoms with Crippen LogP contribution in [0.25, 0.3) is 10.9 Å². The van der Waals surface area contributed by atoms with Gasteiger partial charge in [0.2, 0.25) is 5.88 Å². The quantitative estimate of drug-likeness (QED) is 0.880. The molecule has 4 heteroatoms. The number of pyridine rings is 1. The third kappa shape index (κ3) is 1.88. The normalized spacial score (nSPS) is 17.3. The van der Waals surface area contributed by atoms with E-state index in [1.807, 2.05) is 6.07 Å². The maximum absolute atomic E-state index is 5.88. The molecule has 0 unspecified atom stereocenters. The lowest BCUT2D eigenvalue weighted by atomic mass is 10.2. The molecular formula is C13H17N3O. The van der Waals surface area contributed by atoms with Crippen molar-refractivity contribution < 1.29 is 4.74 Å². The fourth-order valence-corrected chi connectivity index (χ4v) is 1.98. The number of aromatic amines is 1. The van der Waals surface area contributed by atoms with E-state index in [1.165, 1.54) is 12.8 Å². The molecule has 2 aromatic rings. The summed E-state index contributed by atoms with van der Waals surface area (Å²) in [6, 6.07) is 1.96. The summed E-state index contributed by atoms with van der Waals surface area (Å²) < 4.78 is 5.88. The van der Waals surface area contributed by atoms with Crippen molar-refractivity contribution in [1.29, 1.82) is 0 Å². The van der Waals surface area contributed by atoms with Gasteiger partial charge in [-0.2, -0.15) is 5.10 Å². The number of rotatable bonds is 4. The van der Waals surface area contributed by atoms with Gasteiger partial charge in [-0.05, 0) is 32.3 Å². The van der Waals surface area contributed by atoms with E-state index in [0.717, 1.165) is 28.9 Å². The van der Waals surface area contributed by atoms with Crippen LogP contribution in [0.15, 0.2) is 12.3 Å². The second-order valence-corrected chi connectivity index (χ2v) is 4.76. The van der Waals surface area contributed by atoms with E-state index < -0.39 is 0 Å². The number of nitrogens with zero attached hydrogens (tertiary/aromatic N) is 2. The maximum atomic E-state index is 5.88. The van der Waals surface area contributed by atoms with E-state index in [-0.39, 0.29) is 6.10 Å². The molecule has 17 heavy (non-hydrogen) atoms. The van der Waals surface area contributed by atoms with E-state index in [4.69, 9.17) is 4.74 Å². The molecule has 0 aliphatic heterocycles. The summed E-state index contributed by atoms with van der Waals surface area (Å²) in [7, 11) is 0. The standard InChI is InChI=1S/C13H17N3O/c1-3-8(2)17-13-11-10(6-7-14-13)15-16-12(11)9-4-5-9/h6-9H,3-5H2,1-2H3,(H,15,16)/t8-/m1/s1. The Hall–Kier alpha value is -1.58. The SMILES string of the molecule is CC[C@@H](C)Oc1nccc2[nH]nc(C3CC3)c12. The predicted molar refractivity (Wildman–Crippen MR) is 66.2 cm³/mol. The van der Waals surface area contributed by atoms with Gasteiger partial charge in [0.05, 0.1) is 22.7 Å². The van der Waals surface area contributed by atoms with Crippen molar-refractivity contribution in [3.8, 4) is 5.88 Å². The Kier molecular flexibility index (Phi) is 2.50. The Bertz CT molecular complexity index is 530. The van der Waals surface area contributed by atoms with Gasteiger partial charge < -0.3 is 4.74 Å². The lowest BCUT2D eigenvalue weighted by molar-refractivity contribution is 0.211. The van der Waals surface area contributed by atoms with Crippen LogP contribution in [0.4, 0.5) is 0 Å². The van der Waals surface area contributed by atoms with Gasteiger partial charge in [-0.3, -0.25) is 5.10 Å². The molecule has 0 bridgehead atoms. The van der Waals surface area contributed by atoms with Crippen molar-refractivity contribution in [2.24, 2.45) is 0 Å². The molecule has 1 atom stereocenters. The third-order valence-corrected chi connectivity index (χ3v) is 3.32. The van der Waals surface area contributed by atoms with Gasteiger partial charge in [0.25, 0.3) is 0 Å². The molecule has 1 aliphatic rings. The number of nitrogens with one attached hydrogen (secondary N) is 1. The summed E-state index contributed by atoms with van der Waals surface area (Å²) in [4.78, 5) is 4.36. The van der Waals surface area contributed by atoms with E-state index >= 15 is 0 Å². The number of aromatic nitrogens is 3. The van der Waals surface area contributed by atoms with Crippen molar-refractivity contribution in [1.82, 2.24) is 15.2 Å². The van der Waals surface area contributed by atoms with Crippen molar-refractivity contribution in [2.45, 2.75) is 45.1 Å². The first-order valence-corrected chi connectivity index (χ1v) is 6.29. The molecule has 3 rings (SSSR count). The molecule has 0 aromatic carbocycles. The first-order valence-electron chi connectivity index (χ1n) is 6.29. The number of H-pyrrole nitrogens is 1. The molecule has 0 spiro atoms. The topological polar surface area (TPSA) is 50.8 Å². The first kappa shape index (κ1) is 10.6. The minimum Gasteiger partial charge on any atom is -0.474 e. The summed E-state index contributed by atoms with van der Waals surface area (Å²) in [5.74, 6) is 1.33. The smallest absolute Gasteiger partial charge is 0.225 e. The predicted octanol–water partition coefficient (Wildman–Crippen LogP) is 3.01. The second kappa shape index (κ2) is 4.02. The fourth-order valence-electron chi connectivity index (χ4n) is 1.98. The maximum Gasteiger partial charge on any atom is 0.225 e. The Morgan fingerprint density at radius 2 is 2.35 bits per heavy atom. The summed E-state index contributed by atoms with van der Waals surface area (Å²) in [5, 5.41) is 8.56. The molecule has 2 heterocycles. The monoisotopic (exact) mass is 231 g/mol. The largest absolute Gasteiger partial charge is 0.474 e. The Labute approximate surface area is 100 Å². The molecule has 90 valence electrons. The molecule has 0 amide bonds. The van der Waals surface area contributed by atoms with Crippen molar-refractivity contribution >= 4 is 10.9 Å². The van der Waals surface area contributed by atoms with Gasteiger partial charge >= 0.3 is 0 Å². The van der Waals surface area contributed by atoms with Crippen LogP contribution in [0.1, 0.15) is 44.7 Å². The molecule has 0 saturated heterocycles. The number of ether oxygens (including phenoxy) is 1. The summed E-state index contributed by atoms with van der Waals surface area (Å²) in [6.07, 6.45) is 5.41. The van der Waals surface area contributed by atoms with Gasteiger partial charge in [0, 0.05) is 12.1 Å². The van der Waals surface area contributed by atoms with E-state index in [9.17, 15) is 0 Å². The van der Waals surface area contributed by atoms with Crippen LogP contribution in [0.2, 0.25) is 0 Å². The number of hydrogen-bond acceptors (Lipinski definition) is 3. The zero-order valence-corrected chi connectivity index (χ0v) is 10.2. The highest BCUT2D eigenvalue weighted by Gasteiger charge is 2.29. The highest BCUT2D eigenvalue weighted by molar-refractivity contribution is 5.86. The molecule has 0 radical (unpaired) electrons. The minimum atomic E-state index is 0.190. The van der Waals surface area contributed by atoms with Crippen LogP contribution in [0.3, 0.4) is 0 Å². The van der Waals surface area contributed by atoms with Gasteiger partial charge in [-0.15, -0.1) is 0 Å². The molecule has 2 aromatic heterocycles. The van der Waals surface area contributed by atoms with E-state index in [0.29, 0.717) is 5.92 Å². The minimum absolute atomic E-state index is 0.190. The zero-order chi connectivity index (χ0) is 11.8. The first-order chi connectivity index (χ1) is 8.29. The Morgan fingerprint density at radius 3 is 3.06 bits per heavy atom. The van der Waals surface area contributed by atoms with Crippen LogP contribution in [0.5, 0.6) is 5.88 Å². The van der Waals surface area contributed by atoms with Crippen molar-refractivity contribution in [2.75, 3.05) is 0 Å².